The first-order valence-corrected chi connectivity index (χ1v) is 0.500. The van der Waals surface area contributed by atoms with Gasteiger partial charge in [0, 0.05) is 34.1 Å². The molecule has 4 heavy (non-hydrogen) atoms. The first-order chi connectivity index (χ1) is 1.00. The molecule has 0 aliphatic carbocycles. The second kappa shape index (κ2) is 33.9. The minimum absolute atomic E-state index is 0. The van der Waals surface area contributed by atoms with E-state index in [2.05, 4.69) is 12.5 Å². The Morgan fingerprint density at radius 1 is 1.25 bits per heavy atom. The van der Waals surface area contributed by atoms with Gasteiger partial charge in [-0.05, 0) is 0 Å². The van der Waals surface area contributed by atoms with E-state index in [0.29, 0.717) is 0 Å². The van der Waals surface area contributed by atoms with Crippen molar-refractivity contribution >= 4 is 12.5 Å². The summed E-state index contributed by atoms with van der Waals surface area (Å²) in [4.78, 5) is 0. The first kappa shape index (κ1) is 19.7. The van der Waals surface area contributed by atoms with E-state index in [1.807, 2.05) is 0 Å². The van der Waals surface area contributed by atoms with Crippen molar-refractivity contribution in [3.8, 4) is 0 Å². The van der Waals surface area contributed by atoms with E-state index in [4.69, 9.17) is 4.21 Å². The smallest absolute Gasteiger partial charge is 0.197 e. The SMILES string of the molecule is O=S.[Fe].[Mn]. The van der Waals surface area contributed by atoms with Crippen LogP contribution in [0.25, 0.3) is 0 Å². The quantitative estimate of drug-likeness (QED) is 0.449. The van der Waals surface area contributed by atoms with Crippen molar-refractivity contribution in [1.29, 1.82) is 0 Å². The van der Waals surface area contributed by atoms with Gasteiger partial charge in [-0.15, -0.1) is 0 Å². The Hall–Kier alpha value is 1.06. The van der Waals surface area contributed by atoms with Gasteiger partial charge < -0.3 is 0 Å². The van der Waals surface area contributed by atoms with E-state index in [0.717, 1.165) is 0 Å². The van der Waals surface area contributed by atoms with Crippen LogP contribution in [-0.2, 0) is 46.7 Å². The zero-order valence-electron chi connectivity index (χ0n) is 1.55. The summed E-state index contributed by atoms with van der Waals surface area (Å²) in [5.74, 6) is 0. The van der Waals surface area contributed by atoms with Gasteiger partial charge in [0.25, 0.3) is 0 Å². The average Bonchev–Trinajstić information content (AvgIpc) is 1.00. The van der Waals surface area contributed by atoms with E-state index >= 15 is 0 Å². The molecule has 1 radical (unpaired) electrons. The molecule has 4 heteroatoms. The van der Waals surface area contributed by atoms with Gasteiger partial charge in [-0.25, -0.2) is 0 Å². The van der Waals surface area contributed by atoms with Crippen molar-refractivity contribution in [1.82, 2.24) is 0 Å². The molecular formula is FeMnOS. The van der Waals surface area contributed by atoms with Gasteiger partial charge in [-0.3, -0.25) is 0 Å². The summed E-state index contributed by atoms with van der Waals surface area (Å²) in [6.45, 7) is 0. The fourth-order valence-corrected chi connectivity index (χ4v) is 0. The van der Waals surface area contributed by atoms with Crippen LogP contribution >= 0.6 is 0 Å². The van der Waals surface area contributed by atoms with Gasteiger partial charge in [-0.2, -0.15) is 4.21 Å². The monoisotopic (exact) mass is 159 g/mol. The molecule has 0 aromatic heterocycles. The Balaban J connectivity index is -0.00000000500. The molecule has 0 atom stereocenters. The second-order valence-corrected chi connectivity index (χ2v) is 0. The molecule has 0 spiro atoms. The van der Waals surface area contributed by atoms with Gasteiger partial charge in [0.15, 0.2) is 12.5 Å². The van der Waals surface area contributed by atoms with Gasteiger partial charge in [0.1, 0.15) is 0 Å². The molecule has 0 aromatic carbocycles. The molecule has 1 nitrogen and oxygen atoms in total. The largest absolute Gasteiger partial charge is 0.197 e. The maximum atomic E-state index is 7.83. The molecule has 0 saturated carbocycles. The van der Waals surface area contributed by atoms with Crippen LogP contribution in [0.2, 0.25) is 0 Å². The Morgan fingerprint density at radius 2 is 1.25 bits per heavy atom. The first-order valence-electron chi connectivity index (χ1n) is 0.167. The van der Waals surface area contributed by atoms with Crippen molar-refractivity contribution in [3.05, 3.63) is 0 Å². The predicted octanol–water partition coefficient (Wildman–Crippen LogP) is -0.341. The number of hydrogen-bond acceptors (Lipinski definition) is 2. The van der Waals surface area contributed by atoms with Crippen LogP contribution in [0.5, 0.6) is 0 Å². The third-order valence-electron chi connectivity index (χ3n) is 0. The molecule has 0 fully saturated rings. The fourth-order valence-electron chi connectivity index (χ4n) is 0. The Labute approximate surface area is 51.0 Å². The van der Waals surface area contributed by atoms with Crippen LogP contribution in [0.4, 0.5) is 0 Å². The molecule has 0 saturated heterocycles. The molecular weight excluding hydrogens is 159 g/mol. The summed E-state index contributed by atoms with van der Waals surface area (Å²) in [6, 6.07) is 0. The number of rotatable bonds is 0. The maximum Gasteiger partial charge on any atom is 0.197 e. The molecule has 0 heterocycles. The summed E-state index contributed by atoms with van der Waals surface area (Å²) >= 11 is 2.83. The second-order valence-electron chi connectivity index (χ2n) is 0. The summed E-state index contributed by atoms with van der Waals surface area (Å²) in [7, 11) is 0. The van der Waals surface area contributed by atoms with Crippen LogP contribution in [-0.4, -0.2) is 4.21 Å². The van der Waals surface area contributed by atoms with Crippen molar-refractivity contribution in [2.24, 2.45) is 0 Å². The topological polar surface area (TPSA) is 17.1 Å². The summed E-state index contributed by atoms with van der Waals surface area (Å²) < 4.78 is 7.83. The van der Waals surface area contributed by atoms with E-state index in [1.165, 1.54) is 0 Å². The number of hydrogen-bond donors (Lipinski definition) is 0. The maximum absolute atomic E-state index is 7.83. The van der Waals surface area contributed by atoms with Gasteiger partial charge in [0.05, 0.1) is 0 Å². The molecule has 0 aliphatic heterocycles. The standard InChI is InChI=1S/Fe.Mn.OS/c;;1-2. The Morgan fingerprint density at radius 3 is 1.25 bits per heavy atom. The Kier molecular flexibility index (Phi) is 166. The molecule has 0 aromatic rings. The summed E-state index contributed by atoms with van der Waals surface area (Å²) in [6.07, 6.45) is 0. The molecule has 27 valence electrons. The molecule has 0 bridgehead atoms. The van der Waals surface area contributed by atoms with Crippen LogP contribution < -0.4 is 0 Å². The van der Waals surface area contributed by atoms with Crippen molar-refractivity contribution in [3.63, 3.8) is 0 Å². The normalized spacial score (nSPS) is 1.00. The van der Waals surface area contributed by atoms with E-state index in [1.54, 1.807) is 0 Å². The minimum atomic E-state index is 0. The predicted molar refractivity (Wildman–Crippen MR) is 8.14 cm³/mol. The van der Waals surface area contributed by atoms with E-state index < -0.39 is 0 Å². The zero-order chi connectivity index (χ0) is 2.00. The summed E-state index contributed by atoms with van der Waals surface area (Å²) in [5.41, 5.74) is 0. The van der Waals surface area contributed by atoms with Gasteiger partial charge in [0.2, 0.25) is 0 Å². The van der Waals surface area contributed by atoms with E-state index in [-0.39, 0.29) is 34.1 Å². The van der Waals surface area contributed by atoms with Crippen LogP contribution in [0.3, 0.4) is 0 Å². The fraction of sp³-hybridized carbons (Fsp3) is 0. The van der Waals surface area contributed by atoms with Crippen LogP contribution in [0.1, 0.15) is 0 Å². The van der Waals surface area contributed by atoms with Crippen LogP contribution in [0, 0.1) is 0 Å². The molecule has 0 rings (SSSR count). The van der Waals surface area contributed by atoms with E-state index in [9.17, 15) is 0 Å². The third kappa shape index (κ3) is 11.6. The van der Waals surface area contributed by atoms with Gasteiger partial charge >= 0.3 is 0 Å². The minimum Gasteiger partial charge on any atom is -0.197 e. The van der Waals surface area contributed by atoms with Crippen molar-refractivity contribution in [2.75, 3.05) is 0 Å². The summed E-state index contributed by atoms with van der Waals surface area (Å²) in [5, 5.41) is 0. The molecule has 0 aliphatic rings. The van der Waals surface area contributed by atoms with Crippen LogP contribution in [0.15, 0.2) is 0 Å². The average molecular weight is 159 g/mol. The molecule has 0 N–H and O–H groups in total. The molecule has 0 unspecified atom stereocenters. The third-order valence-corrected chi connectivity index (χ3v) is 0. The Bertz CT molecular complexity index is 8.00. The zero-order valence-corrected chi connectivity index (χ0v) is 4.65. The van der Waals surface area contributed by atoms with Crippen molar-refractivity contribution < 1.29 is 38.3 Å². The van der Waals surface area contributed by atoms with Crippen molar-refractivity contribution in [2.45, 2.75) is 0 Å². The van der Waals surface area contributed by atoms with Gasteiger partial charge in [-0.1, -0.05) is 0 Å². The molecule has 0 amide bonds.